The van der Waals surface area contributed by atoms with Crippen molar-refractivity contribution in [1.82, 2.24) is 10.6 Å². The van der Waals surface area contributed by atoms with Crippen LogP contribution >= 0.6 is 0 Å². The van der Waals surface area contributed by atoms with Gasteiger partial charge in [0.2, 0.25) is 5.91 Å². The Labute approximate surface area is 89.6 Å². The molecule has 1 heterocycles. The van der Waals surface area contributed by atoms with Crippen molar-refractivity contribution < 1.29 is 14.3 Å². The number of carbonyl (C=O) groups excluding carboxylic acids is 2. The first-order valence-electron chi connectivity index (χ1n) is 5.27. The highest BCUT2D eigenvalue weighted by atomic mass is 16.5. The van der Waals surface area contributed by atoms with Crippen LogP contribution in [0.4, 0.5) is 0 Å². The van der Waals surface area contributed by atoms with Crippen molar-refractivity contribution in [2.24, 2.45) is 5.92 Å². The van der Waals surface area contributed by atoms with E-state index in [4.69, 9.17) is 0 Å². The summed E-state index contributed by atoms with van der Waals surface area (Å²) in [5.41, 5.74) is 0. The van der Waals surface area contributed by atoms with Gasteiger partial charge in [0.25, 0.3) is 0 Å². The molecule has 2 N–H and O–H groups in total. The molecular weight excluding hydrogens is 196 g/mol. The van der Waals surface area contributed by atoms with Crippen LogP contribution in [0.2, 0.25) is 0 Å². The highest BCUT2D eigenvalue weighted by Crippen LogP contribution is 2.17. The van der Waals surface area contributed by atoms with Crippen molar-refractivity contribution in [3.05, 3.63) is 0 Å². The number of carbonyl (C=O) groups is 2. The van der Waals surface area contributed by atoms with Gasteiger partial charge in [-0.05, 0) is 19.4 Å². The maximum atomic E-state index is 11.7. The van der Waals surface area contributed by atoms with Crippen LogP contribution in [0.25, 0.3) is 0 Å². The van der Waals surface area contributed by atoms with E-state index >= 15 is 0 Å². The van der Waals surface area contributed by atoms with Crippen molar-refractivity contribution in [2.45, 2.75) is 25.8 Å². The van der Waals surface area contributed by atoms with Crippen LogP contribution in [0.3, 0.4) is 0 Å². The summed E-state index contributed by atoms with van der Waals surface area (Å²) >= 11 is 0. The smallest absolute Gasteiger partial charge is 0.325 e. The topological polar surface area (TPSA) is 67.4 Å². The quantitative estimate of drug-likeness (QED) is 0.628. The minimum atomic E-state index is -0.414. The van der Waals surface area contributed by atoms with Gasteiger partial charge in [-0.25, -0.2) is 0 Å². The third-order valence-corrected chi connectivity index (χ3v) is 2.76. The fraction of sp³-hybridized carbons (Fsp3) is 0.800. The molecule has 0 spiro atoms. The van der Waals surface area contributed by atoms with Crippen molar-refractivity contribution >= 4 is 11.9 Å². The van der Waals surface area contributed by atoms with Gasteiger partial charge in [-0.3, -0.25) is 9.59 Å². The van der Waals surface area contributed by atoms with E-state index in [1.54, 1.807) is 0 Å². The number of ether oxygens (including phenoxy) is 1. The Kier molecular flexibility index (Phi) is 4.55. The van der Waals surface area contributed by atoms with E-state index in [1.165, 1.54) is 7.11 Å². The van der Waals surface area contributed by atoms with Gasteiger partial charge in [-0.2, -0.15) is 0 Å². The molecule has 0 radical (unpaired) electrons. The van der Waals surface area contributed by atoms with Crippen LogP contribution in [0, 0.1) is 5.92 Å². The number of hydrogen-bond donors (Lipinski definition) is 2. The third kappa shape index (κ3) is 3.20. The molecule has 1 rings (SSSR count). The first-order chi connectivity index (χ1) is 7.19. The summed E-state index contributed by atoms with van der Waals surface area (Å²) in [5, 5.41) is 5.85. The molecule has 2 unspecified atom stereocenters. The molecule has 0 saturated carbocycles. The molecule has 1 saturated heterocycles. The average molecular weight is 214 g/mol. The van der Waals surface area contributed by atoms with Crippen LogP contribution in [0.15, 0.2) is 0 Å². The lowest BCUT2D eigenvalue weighted by Gasteiger charge is -2.16. The first-order valence-corrected chi connectivity index (χ1v) is 5.27. The normalized spacial score (nSPS) is 24.9. The number of esters is 1. The zero-order valence-electron chi connectivity index (χ0n) is 9.21. The monoisotopic (exact) mass is 214 g/mol. The number of nitrogens with one attached hydrogen (secondary N) is 2. The van der Waals surface area contributed by atoms with Gasteiger partial charge in [0.1, 0.15) is 6.54 Å². The Hall–Kier alpha value is -1.10. The molecule has 1 aliphatic heterocycles. The van der Waals surface area contributed by atoms with Gasteiger partial charge in [0.15, 0.2) is 0 Å². The molecule has 1 amide bonds. The Balaban J connectivity index is 2.36. The van der Waals surface area contributed by atoms with E-state index in [0.29, 0.717) is 0 Å². The second-order valence-electron chi connectivity index (χ2n) is 3.66. The summed E-state index contributed by atoms with van der Waals surface area (Å²) in [6.45, 7) is 2.88. The van der Waals surface area contributed by atoms with Gasteiger partial charge >= 0.3 is 5.97 Å². The standard InChI is InChI=1S/C10H18N2O3/c1-3-8-7(4-5-11-8)10(14)12-6-9(13)15-2/h7-8,11H,3-6H2,1-2H3,(H,12,14). The summed E-state index contributed by atoms with van der Waals surface area (Å²) in [5.74, 6) is -0.487. The number of amides is 1. The molecule has 0 aromatic carbocycles. The predicted octanol–water partition coefficient (Wildman–Crippen LogP) is -0.336. The molecule has 2 atom stereocenters. The highest BCUT2D eigenvalue weighted by Gasteiger charge is 2.31. The first kappa shape index (κ1) is 12.0. The predicted molar refractivity (Wildman–Crippen MR) is 55.2 cm³/mol. The lowest BCUT2D eigenvalue weighted by Crippen LogP contribution is -2.40. The fourth-order valence-electron chi connectivity index (χ4n) is 1.87. The van der Waals surface area contributed by atoms with Gasteiger partial charge in [0.05, 0.1) is 13.0 Å². The molecule has 0 aliphatic carbocycles. The molecule has 1 aliphatic rings. The average Bonchev–Trinajstić information content (AvgIpc) is 2.73. The highest BCUT2D eigenvalue weighted by molar-refractivity contribution is 5.84. The Bertz CT molecular complexity index is 243. The lowest BCUT2D eigenvalue weighted by molar-refractivity contribution is -0.141. The van der Waals surface area contributed by atoms with Crippen molar-refractivity contribution in [3.8, 4) is 0 Å². The van der Waals surface area contributed by atoms with Crippen molar-refractivity contribution in [1.29, 1.82) is 0 Å². The van der Waals surface area contributed by atoms with E-state index in [1.807, 2.05) is 6.92 Å². The molecule has 1 fully saturated rings. The second-order valence-corrected chi connectivity index (χ2v) is 3.66. The fourth-order valence-corrected chi connectivity index (χ4v) is 1.87. The number of rotatable bonds is 4. The lowest BCUT2D eigenvalue weighted by atomic mass is 9.98. The molecule has 5 heteroatoms. The van der Waals surface area contributed by atoms with Crippen LogP contribution in [0.1, 0.15) is 19.8 Å². The Morgan fingerprint density at radius 3 is 2.87 bits per heavy atom. The maximum Gasteiger partial charge on any atom is 0.325 e. The van der Waals surface area contributed by atoms with Crippen LogP contribution < -0.4 is 10.6 Å². The Morgan fingerprint density at radius 2 is 2.27 bits per heavy atom. The summed E-state index contributed by atoms with van der Waals surface area (Å²) in [6, 6.07) is 0.239. The zero-order valence-corrected chi connectivity index (χ0v) is 9.21. The van der Waals surface area contributed by atoms with Crippen molar-refractivity contribution in [2.75, 3.05) is 20.2 Å². The largest absolute Gasteiger partial charge is 0.468 e. The zero-order chi connectivity index (χ0) is 11.3. The molecule has 86 valence electrons. The van der Waals surface area contributed by atoms with E-state index in [2.05, 4.69) is 15.4 Å². The summed E-state index contributed by atoms with van der Waals surface area (Å²) in [6.07, 6.45) is 1.77. The van der Waals surface area contributed by atoms with Crippen LogP contribution in [-0.2, 0) is 14.3 Å². The van der Waals surface area contributed by atoms with E-state index in [9.17, 15) is 9.59 Å². The minimum Gasteiger partial charge on any atom is -0.468 e. The van der Waals surface area contributed by atoms with Crippen LogP contribution in [0.5, 0.6) is 0 Å². The van der Waals surface area contributed by atoms with Gasteiger partial charge in [0, 0.05) is 6.04 Å². The third-order valence-electron chi connectivity index (χ3n) is 2.76. The molecule has 15 heavy (non-hydrogen) atoms. The second kappa shape index (κ2) is 5.70. The van der Waals surface area contributed by atoms with Crippen LogP contribution in [-0.4, -0.2) is 38.1 Å². The van der Waals surface area contributed by atoms with Gasteiger partial charge in [-0.15, -0.1) is 0 Å². The van der Waals surface area contributed by atoms with Gasteiger partial charge < -0.3 is 15.4 Å². The van der Waals surface area contributed by atoms with E-state index < -0.39 is 5.97 Å². The van der Waals surface area contributed by atoms with Gasteiger partial charge in [-0.1, -0.05) is 6.92 Å². The SMILES string of the molecule is CCC1NCCC1C(=O)NCC(=O)OC. The van der Waals surface area contributed by atoms with Crippen molar-refractivity contribution in [3.63, 3.8) is 0 Å². The molecule has 0 aromatic rings. The summed E-state index contributed by atoms with van der Waals surface area (Å²) in [4.78, 5) is 22.5. The molecular formula is C10H18N2O3. The molecule has 0 bridgehead atoms. The minimum absolute atomic E-state index is 0.0142. The molecule has 5 nitrogen and oxygen atoms in total. The van der Waals surface area contributed by atoms with E-state index in [-0.39, 0.29) is 24.4 Å². The summed E-state index contributed by atoms with van der Waals surface area (Å²) < 4.78 is 4.45. The van der Waals surface area contributed by atoms with E-state index in [0.717, 1.165) is 19.4 Å². The Morgan fingerprint density at radius 1 is 1.53 bits per heavy atom. The summed E-state index contributed by atoms with van der Waals surface area (Å²) in [7, 11) is 1.31. The number of methoxy groups -OCH3 is 1. The maximum absolute atomic E-state index is 11.7. The number of hydrogen-bond acceptors (Lipinski definition) is 4. The molecule has 0 aromatic heterocycles.